The summed E-state index contributed by atoms with van der Waals surface area (Å²) in [6, 6.07) is 10.5. The van der Waals surface area contributed by atoms with Crippen LogP contribution in [0.25, 0.3) is 0 Å². The van der Waals surface area contributed by atoms with Crippen molar-refractivity contribution < 1.29 is 14.2 Å². The van der Waals surface area contributed by atoms with E-state index in [-0.39, 0.29) is 11.9 Å². The molecule has 0 saturated carbocycles. The van der Waals surface area contributed by atoms with E-state index in [2.05, 4.69) is 15.9 Å². The summed E-state index contributed by atoms with van der Waals surface area (Å²) < 4.78 is 19.7. The Morgan fingerprint density at radius 1 is 1.24 bits per heavy atom. The first-order chi connectivity index (χ1) is 10.1. The van der Waals surface area contributed by atoms with Crippen molar-refractivity contribution in [2.24, 2.45) is 0 Å². The van der Waals surface area contributed by atoms with Gasteiger partial charge in [0.1, 0.15) is 18.2 Å². The Labute approximate surface area is 131 Å². The summed E-state index contributed by atoms with van der Waals surface area (Å²) >= 11 is 3.27. The number of rotatable bonds is 3. The molecule has 2 aromatic rings. The van der Waals surface area contributed by atoms with Crippen LogP contribution in [0.2, 0.25) is 0 Å². The van der Waals surface area contributed by atoms with Crippen molar-refractivity contribution in [3.63, 3.8) is 0 Å². The fourth-order valence-electron chi connectivity index (χ4n) is 2.72. The molecule has 0 radical (unpaired) electrons. The van der Waals surface area contributed by atoms with Crippen LogP contribution in [-0.2, 0) is 13.0 Å². The molecular formula is C17H16BrFO2. The van der Waals surface area contributed by atoms with Crippen LogP contribution < -0.4 is 4.74 Å². The number of aliphatic hydroxyl groups excluding tert-OH is 1. The Bertz CT molecular complexity index is 637. The Morgan fingerprint density at radius 2 is 2.10 bits per heavy atom. The lowest BCUT2D eigenvalue weighted by molar-refractivity contribution is 0.156. The summed E-state index contributed by atoms with van der Waals surface area (Å²) in [6.45, 7) is 0.317. The van der Waals surface area contributed by atoms with Crippen molar-refractivity contribution in [2.75, 3.05) is 0 Å². The van der Waals surface area contributed by atoms with Crippen LogP contribution >= 0.6 is 15.9 Å². The fourth-order valence-corrected chi connectivity index (χ4v) is 3.23. The van der Waals surface area contributed by atoms with E-state index in [1.807, 2.05) is 24.3 Å². The maximum Gasteiger partial charge on any atom is 0.124 e. The molecule has 0 saturated heterocycles. The molecule has 1 aliphatic rings. The van der Waals surface area contributed by atoms with Gasteiger partial charge in [-0.15, -0.1) is 0 Å². The average Bonchev–Trinajstić information content (AvgIpc) is 2.44. The zero-order valence-corrected chi connectivity index (χ0v) is 13.1. The summed E-state index contributed by atoms with van der Waals surface area (Å²) in [6.07, 6.45) is 2.43. The summed E-state index contributed by atoms with van der Waals surface area (Å²) in [5.74, 6) is 0.472. The highest BCUT2D eigenvalue weighted by molar-refractivity contribution is 9.10. The Hall–Kier alpha value is -1.39. The molecule has 1 aliphatic carbocycles. The van der Waals surface area contributed by atoms with Crippen molar-refractivity contribution >= 4 is 15.9 Å². The molecule has 21 heavy (non-hydrogen) atoms. The second-order valence-electron chi connectivity index (χ2n) is 5.34. The zero-order chi connectivity index (χ0) is 14.8. The van der Waals surface area contributed by atoms with Crippen molar-refractivity contribution in [1.82, 2.24) is 0 Å². The van der Waals surface area contributed by atoms with Crippen LogP contribution in [0.1, 0.15) is 35.6 Å². The number of benzene rings is 2. The van der Waals surface area contributed by atoms with Gasteiger partial charge in [-0.3, -0.25) is 0 Å². The van der Waals surface area contributed by atoms with Gasteiger partial charge in [-0.25, -0.2) is 4.39 Å². The lowest BCUT2D eigenvalue weighted by Gasteiger charge is -2.21. The molecule has 2 nitrogen and oxygen atoms in total. The largest absolute Gasteiger partial charge is 0.489 e. The Kier molecular flexibility index (Phi) is 4.27. The maximum absolute atomic E-state index is 13.3. The van der Waals surface area contributed by atoms with E-state index < -0.39 is 0 Å². The topological polar surface area (TPSA) is 29.5 Å². The maximum atomic E-state index is 13.3. The van der Waals surface area contributed by atoms with Gasteiger partial charge in [0.2, 0.25) is 0 Å². The summed E-state index contributed by atoms with van der Waals surface area (Å²) in [7, 11) is 0. The standard InChI is InChI=1S/C17H16BrFO2/c18-13-6-11(7-14(19)9-13)10-21-15-4-5-16-12(8-15)2-1-3-17(16)20/h4-9,17,20H,1-3,10H2. The Morgan fingerprint density at radius 3 is 2.90 bits per heavy atom. The number of ether oxygens (including phenoxy) is 1. The first-order valence-electron chi connectivity index (χ1n) is 7.00. The predicted octanol–water partition coefficient (Wildman–Crippen LogP) is 4.54. The second-order valence-corrected chi connectivity index (χ2v) is 6.25. The van der Waals surface area contributed by atoms with E-state index in [4.69, 9.17) is 4.74 Å². The fraction of sp³-hybridized carbons (Fsp3) is 0.294. The number of hydrogen-bond donors (Lipinski definition) is 1. The molecule has 0 aliphatic heterocycles. The number of aryl methyl sites for hydroxylation is 1. The van der Waals surface area contributed by atoms with Crippen LogP contribution in [-0.4, -0.2) is 5.11 Å². The smallest absolute Gasteiger partial charge is 0.124 e. The third-order valence-corrected chi connectivity index (χ3v) is 4.18. The third kappa shape index (κ3) is 3.44. The molecule has 110 valence electrons. The van der Waals surface area contributed by atoms with E-state index in [9.17, 15) is 9.50 Å². The number of aliphatic hydroxyl groups is 1. The highest BCUT2D eigenvalue weighted by Gasteiger charge is 2.18. The zero-order valence-electron chi connectivity index (χ0n) is 11.5. The molecule has 4 heteroatoms. The molecule has 1 unspecified atom stereocenters. The molecule has 0 aromatic heterocycles. The molecule has 0 spiro atoms. The van der Waals surface area contributed by atoms with E-state index in [1.165, 1.54) is 12.1 Å². The molecule has 3 rings (SSSR count). The average molecular weight is 351 g/mol. The molecule has 1 atom stereocenters. The van der Waals surface area contributed by atoms with Crippen LogP contribution in [0.5, 0.6) is 5.75 Å². The van der Waals surface area contributed by atoms with Gasteiger partial charge in [-0.1, -0.05) is 22.0 Å². The lowest BCUT2D eigenvalue weighted by atomic mass is 9.89. The van der Waals surface area contributed by atoms with Gasteiger partial charge in [-0.05, 0) is 66.3 Å². The molecule has 0 heterocycles. The summed E-state index contributed by atoms with van der Waals surface area (Å²) in [5, 5.41) is 9.93. The van der Waals surface area contributed by atoms with Gasteiger partial charge in [-0.2, -0.15) is 0 Å². The molecule has 0 bridgehead atoms. The van der Waals surface area contributed by atoms with Crippen LogP contribution in [0.4, 0.5) is 4.39 Å². The van der Waals surface area contributed by atoms with E-state index in [0.717, 1.165) is 41.7 Å². The van der Waals surface area contributed by atoms with Crippen molar-refractivity contribution in [1.29, 1.82) is 0 Å². The van der Waals surface area contributed by atoms with Gasteiger partial charge in [0.05, 0.1) is 6.10 Å². The minimum Gasteiger partial charge on any atom is -0.489 e. The highest BCUT2D eigenvalue weighted by atomic mass is 79.9. The molecule has 0 amide bonds. The predicted molar refractivity (Wildman–Crippen MR) is 82.8 cm³/mol. The minimum absolute atomic E-state index is 0.281. The summed E-state index contributed by atoms with van der Waals surface area (Å²) in [5.41, 5.74) is 2.92. The van der Waals surface area contributed by atoms with Gasteiger partial charge >= 0.3 is 0 Å². The van der Waals surface area contributed by atoms with Crippen molar-refractivity contribution in [3.8, 4) is 5.75 Å². The third-order valence-electron chi connectivity index (χ3n) is 3.72. The van der Waals surface area contributed by atoms with Gasteiger partial charge < -0.3 is 9.84 Å². The highest BCUT2D eigenvalue weighted by Crippen LogP contribution is 2.32. The van der Waals surface area contributed by atoms with Crippen LogP contribution in [0.15, 0.2) is 40.9 Å². The molecular weight excluding hydrogens is 335 g/mol. The minimum atomic E-state index is -0.359. The van der Waals surface area contributed by atoms with Crippen LogP contribution in [0, 0.1) is 5.82 Å². The SMILES string of the molecule is OC1CCCc2cc(OCc3cc(F)cc(Br)c3)ccc21. The lowest BCUT2D eigenvalue weighted by Crippen LogP contribution is -2.09. The quantitative estimate of drug-likeness (QED) is 0.880. The first-order valence-corrected chi connectivity index (χ1v) is 7.80. The summed E-state index contributed by atoms with van der Waals surface area (Å²) in [4.78, 5) is 0. The number of halogens is 2. The normalized spacial score (nSPS) is 17.4. The monoisotopic (exact) mass is 350 g/mol. The van der Waals surface area contributed by atoms with Crippen LogP contribution in [0.3, 0.4) is 0 Å². The van der Waals surface area contributed by atoms with Gasteiger partial charge in [0.15, 0.2) is 0 Å². The number of fused-ring (bicyclic) bond motifs is 1. The Balaban J connectivity index is 1.73. The first kappa shape index (κ1) is 14.5. The molecule has 1 N–H and O–H groups in total. The van der Waals surface area contributed by atoms with Crippen molar-refractivity contribution in [2.45, 2.75) is 32.0 Å². The van der Waals surface area contributed by atoms with Gasteiger partial charge in [0, 0.05) is 4.47 Å². The van der Waals surface area contributed by atoms with E-state index in [0.29, 0.717) is 11.1 Å². The second kappa shape index (κ2) is 6.16. The van der Waals surface area contributed by atoms with E-state index >= 15 is 0 Å². The van der Waals surface area contributed by atoms with Crippen molar-refractivity contribution in [3.05, 3.63) is 63.4 Å². The molecule has 0 fully saturated rings. The van der Waals surface area contributed by atoms with E-state index in [1.54, 1.807) is 0 Å². The van der Waals surface area contributed by atoms with Gasteiger partial charge in [0.25, 0.3) is 0 Å². The number of hydrogen-bond acceptors (Lipinski definition) is 2. The molecule has 2 aromatic carbocycles.